The number of rotatable bonds is 2. The van der Waals surface area contributed by atoms with Crippen LogP contribution in [0.5, 0.6) is 5.75 Å². The van der Waals surface area contributed by atoms with E-state index in [0.29, 0.717) is 0 Å². The van der Waals surface area contributed by atoms with E-state index in [1.165, 1.54) is 0 Å². The first-order chi connectivity index (χ1) is 5.54. The molecule has 0 heterocycles. The summed E-state index contributed by atoms with van der Waals surface area (Å²) in [4.78, 5) is 0.864. The lowest BCUT2D eigenvalue weighted by atomic mass is 10.3. The molecule has 0 unspecified atom stereocenters. The molecule has 0 aliphatic carbocycles. The van der Waals surface area contributed by atoms with Gasteiger partial charge in [-0.05, 0) is 24.3 Å². The first-order valence-corrected chi connectivity index (χ1v) is 6.00. The van der Waals surface area contributed by atoms with Crippen LogP contribution < -0.4 is 4.74 Å². The maximum atomic E-state index is 11.5. The Kier molecular flexibility index (Phi) is 2.52. The molecule has 0 saturated carbocycles. The molecule has 0 aliphatic rings. The lowest BCUT2D eigenvalue weighted by Crippen LogP contribution is -2.04. The van der Waals surface area contributed by atoms with Gasteiger partial charge in [0, 0.05) is 0 Å². The van der Waals surface area contributed by atoms with Gasteiger partial charge in [-0.3, -0.25) is 0 Å². The predicted molar refractivity (Wildman–Crippen MR) is 51.2 cm³/mol. The van der Waals surface area contributed by atoms with E-state index < -0.39 is 9.93 Å². The molecule has 0 saturated heterocycles. The fourth-order valence-corrected chi connectivity index (χ4v) is 1.69. The van der Waals surface area contributed by atoms with Crippen molar-refractivity contribution in [3.05, 3.63) is 24.3 Å². The fraction of sp³-hybridized carbons (Fsp3) is 0.333. The second kappa shape index (κ2) is 3.27. The van der Waals surface area contributed by atoms with Gasteiger partial charge in [-0.1, -0.05) is 0 Å². The van der Waals surface area contributed by atoms with Gasteiger partial charge in [-0.2, -0.15) is 0 Å². The SMILES string of the molecule is COc1ccc([S+](C)(C)=O)cc1. The van der Waals surface area contributed by atoms with Gasteiger partial charge in [-0.25, -0.2) is 0 Å². The summed E-state index contributed by atoms with van der Waals surface area (Å²) in [6.07, 6.45) is 3.46. The van der Waals surface area contributed by atoms with Crippen LogP contribution in [-0.2, 0) is 14.1 Å². The highest BCUT2D eigenvalue weighted by Gasteiger charge is 2.16. The molecule has 12 heavy (non-hydrogen) atoms. The second-order valence-electron chi connectivity index (χ2n) is 2.91. The minimum atomic E-state index is -1.83. The third kappa shape index (κ3) is 2.08. The molecule has 0 fully saturated rings. The van der Waals surface area contributed by atoms with Gasteiger partial charge in [-0.15, -0.1) is 4.21 Å². The number of ether oxygens (including phenoxy) is 1. The van der Waals surface area contributed by atoms with Crippen molar-refractivity contribution < 1.29 is 8.95 Å². The summed E-state index contributed by atoms with van der Waals surface area (Å²) in [7, 11) is -0.218. The van der Waals surface area contributed by atoms with Crippen LogP contribution in [0.1, 0.15) is 0 Å². The Morgan fingerprint density at radius 1 is 1.17 bits per heavy atom. The fourth-order valence-electron chi connectivity index (χ4n) is 0.903. The van der Waals surface area contributed by atoms with E-state index in [1.54, 1.807) is 19.6 Å². The molecule has 1 aromatic rings. The molecule has 0 spiro atoms. The molecule has 0 atom stereocenters. The van der Waals surface area contributed by atoms with Gasteiger partial charge in [0.05, 0.1) is 7.11 Å². The Morgan fingerprint density at radius 3 is 2.00 bits per heavy atom. The topological polar surface area (TPSA) is 26.3 Å². The molecule has 1 rings (SSSR count). The Bertz CT molecular complexity index is 297. The van der Waals surface area contributed by atoms with Crippen LogP contribution in [0.4, 0.5) is 0 Å². The predicted octanol–water partition coefficient (Wildman–Crippen LogP) is 1.81. The lowest BCUT2D eigenvalue weighted by molar-refractivity contribution is 0.414. The van der Waals surface area contributed by atoms with Crippen molar-refractivity contribution in [1.82, 2.24) is 0 Å². The number of benzene rings is 1. The zero-order valence-electron chi connectivity index (χ0n) is 7.53. The number of hydrogen-bond donors (Lipinski definition) is 0. The average Bonchev–Trinajstić information content (AvgIpc) is 2.03. The molecule has 0 aromatic heterocycles. The summed E-state index contributed by atoms with van der Waals surface area (Å²) in [6, 6.07) is 7.31. The third-order valence-corrected chi connectivity index (χ3v) is 3.03. The van der Waals surface area contributed by atoms with E-state index in [1.807, 2.05) is 24.3 Å². The number of hydrogen-bond acceptors (Lipinski definition) is 2. The Balaban J connectivity index is 3.01. The van der Waals surface area contributed by atoms with Gasteiger partial charge in [0.15, 0.2) is 4.90 Å². The highest BCUT2D eigenvalue weighted by Crippen LogP contribution is 2.18. The molecular formula is C9H13O2S+. The molecule has 66 valence electrons. The second-order valence-corrected chi connectivity index (χ2v) is 5.85. The van der Waals surface area contributed by atoms with Crippen molar-refractivity contribution in [2.24, 2.45) is 0 Å². The number of methoxy groups -OCH3 is 1. The average molecular weight is 185 g/mol. The summed E-state index contributed by atoms with van der Waals surface area (Å²) in [5.41, 5.74) is 0. The van der Waals surface area contributed by atoms with Crippen LogP contribution in [0.3, 0.4) is 0 Å². The van der Waals surface area contributed by atoms with Gasteiger partial charge >= 0.3 is 0 Å². The van der Waals surface area contributed by atoms with Crippen LogP contribution in [0.2, 0.25) is 0 Å². The zero-order valence-corrected chi connectivity index (χ0v) is 8.35. The van der Waals surface area contributed by atoms with Gasteiger partial charge in [0.1, 0.15) is 28.2 Å². The Hall–Kier alpha value is -0.830. The zero-order chi connectivity index (χ0) is 9.19. The van der Waals surface area contributed by atoms with Crippen molar-refractivity contribution in [3.8, 4) is 5.75 Å². The van der Waals surface area contributed by atoms with Gasteiger partial charge in [0.2, 0.25) is 0 Å². The molecule has 2 nitrogen and oxygen atoms in total. The van der Waals surface area contributed by atoms with Crippen molar-refractivity contribution in [2.75, 3.05) is 19.6 Å². The van der Waals surface area contributed by atoms with E-state index in [4.69, 9.17) is 4.74 Å². The van der Waals surface area contributed by atoms with Crippen LogP contribution in [0.25, 0.3) is 0 Å². The van der Waals surface area contributed by atoms with Crippen LogP contribution in [0, 0.1) is 0 Å². The lowest BCUT2D eigenvalue weighted by Gasteiger charge is -2.01. The van der Waals surface area contributed by atoms with Crippen LogP contribution in [0.15, 0.2) is 29.2 Å². The standard InChI is InChI=1S/C9H13O2S/c1-11-8-4-6-9(7-5-8)12(2,3)10/h4-7H,1-3H3/q+1. The van der Waals surface area contributed by atoms with E-state index >= 15 is 0 Å². The maximum absolute atomic E-state index is 11.5. The molecule has 0 aliphatic heterocycles. The molecule has 0 radical (unpaired) electrons. The molecule has 0 N–H and O–H groups in total. The van der Waals surface area contributed by atoms with Crippen molar-refractivity contribution >= 4 is 9.93 Å². The summed E-state index contributed by atoms with van der Waals surface area (Å²) in [5.74, 6) is 0.794. The molecule has 3 heteroatoms. The first-order valence-electron chi connectivity index (χ1n) is 3.62. The van der Waals surface area contributed by atoms with Crippen LogP contribution in [-0.4, -0.2) is 19.6 Å². The smallest absolute Gasteiger partial charge is 0.157 e. The van der Waals surface area contributed by atoms with Crippen molar-refractivity contribution in [2.45, 2.75) is 4.90 Å². The molecular weight excluding hydrogens is 172 g/mol. The summed E-state index contributed by atoms with van der Waals surface area (Å²) in [5, 5.41) is 0. The van der Waals surface area contributed by atoms with E-state index in [9.17, 15) is 4.21 Å². The van der Waals surface area contributed by atoms with Crippen LogP contribution >= 0.6 is 0 Å². The summed E-state index contributed by atoms with van der Waals surface area (Å²) >= 11 is 0. The third-order valence-electron chi connectivity index (χ3n) is 1.63. The molecule has 1 aromatic carbocycles. The van der Waals surface area contributed by atoms with Gasteiger partial charge in [0.25, 0.3) is 0 Å². The quantitative estimate of drug-likeness (QED) is 0.657. The minimum Gasteiger partial charge on any atom is -0.497 e. The monoisotopic (exact) mass is 185 g/mol. The van der Waals surface area contributed by atoms with E-state index in [2.05, 4.69) is 0 Å². The van der Waals surface area contributed by atoms with Crippen molar-refractivity contribution in [1.29, 1.82) is 0 Å². The Labute approximate surface area is 74.0 Å². The highest BCUT2D eigenvalue weighted by molar-refractivity contribution is 8.01. The minimum absolute atomic E-state index is 0.794. The van der Waals surface area contributed by atoms with Crippen molar-refractivity contribution in [3.63, 3.8) is 0 Å². The van der Waals surface area contributed by atoms with E-state index in [-0.39, 0.29) is 0 Å². The Morgan fingerprint density at radius 2 is 1.67 bits per heavy atom. The molecule has 0 bridgehead atoms. The molecule has 0 amide bonds. The summed E-state index contributed by atoms with van der Waals surface area (Å²) < 4.78 is 16.5. The largest absolute Gasteiger partial charge is 0.497 e. The normalized spacial score (nSPS) is 11.2. The summed E-state index contributed by atoms with van der Waals surface area (Å²) in [6.45, 7) is 0. The van der Waals surface area contributed by atoms with Gasteiger partial charge < -0.3 is 4.74 Å². The highest BCUT2D eigenvalue weighted by atomic mass is 32.2. The first kappa shape index (κ1) is 9.26. The van der Waals surface area contributed by atoms with E-state index in [0.717, 1.165) is 10.6 Å². The maximum Gasteiger partial charge on any atom is 0.157 e.